The predicted molar refractivity (Wildman–Crippen MR) is 72.5 cm³/mol. The number of fused-ring (bicyclic) bond motifs is 1. The van der Waals surface area contributed by atoms with E-state index in [-0.39, 0.29) is 11.5 Å². The minimum absolute atomic E-state index is 0.0784. The number of hydrogen-bond donors (Lipinski definition) is 1. The molecule has 2 heterocycles. The summed E-state index contributed by atoms with van der Waals surface area (Å²) in [4.78, 5) is 27.3. The maximum atomic E-state index is 10.9. The number of carbonyl (C=O) groups is 1. The predicted octanol–water partition coefficient (Wildman–Crippen LogP) is 2.44. The maximum absolute atomic E-state index is 10.9. The van der Waals surface area contributed by atoms with Crippen LogP contribution in [0.4, 0.5) is 0 Å². The van der Waals surface area contributed by atoms with Gasteiger partial charge in [-0.1, -0.05) is 11.6 Å². The summed E-state index contributed by atoms with van der Waals surface area (Å²) in [6.07, 6.45) is 4.49. The van der Waals surface area contributed by atoms with E-state index in [2.05, 4.69) is 19.9 Å². The number of carboxylic acids is 1. The van der Waals surface area contributed by atoms with Crippen LogP contribution in [0.5, 0.6) is 0 Å². The lowest BCUT2D eigenvalue weighted by atomic mass is 10.1. The van der Waals surface area contributed by atoms with Crippen molar-refractivity contribution in [2.45, 2.75) is 0 Å². The largest absolute Gasteiger partial charge is 0.477 e. The number of aromatic carboxylic acids is 1. The summed E-state index contributed by atoms with van der Waals surface area (Å²) in [5.74, 6) is -0.834. The molecule has 0 saturated carbocycles. The van der Waals surface area contributed by atoms with Gasteiger partial charge in [0.05, 0.1) is 10.5 Å². The molecule has 7 heteroatoms. The fraction of sp³-hybridized carbons (Fsp3) is 0. The van der Waals surface area contributed by atoms with Gasteiger partial charge in [-0.15, -0.1) is 0 Å². The SMILES string of the molecule is O=C(O)c1ccnc(-c2cc(Cl)c3nccnc3c2)n1. The van der Waals surface area contributed by atoms with Crippen LogP contribution in [0.25, 0.3) is 22.4 Å². The van der Waals surface area contributed by atoms with Gasteiger partial charge >= 0.3 is 5.97 Å². The molecule has 0 radical (unpaired) electrons. The first-order chi connectivity index (χ1) is 9.65. The van der Waals surface area contributed by atoms with E-state index in [1.807, 2.05) is 0 Å². The van der Waals surface area contributed by atoms with Crippen molar-refractivity contribution in [1.29, 1.82) is 0 Å². The van der Waals surface area contributed by atoms with Crippen molar-refractivity contribution in [2.24, 2.45) is 0 Å². The lowest BCUT2D eigenvalue weighted by molar-refractivity contribution is 0.0690. The van der Waals surface area contributed by atoms with Gasteiger partial charge in [-0.05, 0) is 18.2 Å². The van der Waals surface area contributed by atoms with E-state index in [0.29, 0.717) is 21.6 Å². The fourth-order valence-electron chi connectivity index (χ4n) is 1.78. The molecular weight excluding hydrogens is 280 g/mol. The Hall–Kier alpha value is -2.60. The Balaban J connectivity index is 2.19. The molecule has 0 aliphatic heterocycles. The van der Waals surface area contributed by atoms with Gasteiger partial charge in [-0.3, -0.25) is 9.97 Å². The second-order valence-electron chi connectivity index (χ2n) is 3.95. The van der Waals surface area contributed by atoms with Crippen LogP contribution in [-0.4, -0.2) is 31.0 Å². The van der Waals surface area contributed by atoms with Crippen LogP contribution in [0.1, 0.15) is 10.5 Å². The fourth-order valence-corrected chi connectivity index (χ4v) is 2.04. The molecule has 0 atom stereocenters. The summed E-state index contributed by atoms with van der Waals surface area (Å²) in [6.45, 7) is 0. The molecule has 0 saturated heterocycles. The Morgan fingerprint density at radius 3 is 2.70 bits per heavy atom. The molecule has 98 valence electrons. The molecule has 1 N–H and O–H groups in total. The molecule has 3 rings (SSSR count). The molecule has 0 aliphatic rings. The number of rotatable bonds is 2. The first-order valence-corrected chi connectivity index (χ1v) is 6.00. The number of nitrogens with zero attached hydrogens (tertiary/aromatic N) is 4. The molecule has 2 aromatic heterocycles. The van der Waals surface area contributed by atoms with E-state index in [1.54, 1.807) is 24.5 Å². The molecule has 1 aromatic carbocycles. The molecule has 0 bridgehead atoms. The summed E-state index contributed by atoms with van der Waals surface area (Å²) < 4.78 is 0. The molecule has 6 nitrogen and oxygen atoms in total. The molecular formula is C13H7ClN4O2. The van der Waals surface area contributed by atoms with Crippen molar-refractivity contribution in [1.82, 2.24) is 19.9 Å². The van der Waals surface area contributed by atoms with Gasteiger partial charge in [-0.25, -0.2) is 14.8 Å². The average molecular weight is 287 g/mol. The van der Waals surface area contributed by atoms with E-state index in [9.17, 15) is 4.79 Å². The first-order valence-electron chi connectivity index (χ1n) is 5.62. The summed E-state index contributed by atoms with van der Waals surface area (Å²) in [6, 6.07) is 4.68. The minimum atomic E-state index is -1.11. The lowest BCUT2D eigenvalue weighted by Gasteiger charge is -2.04. The zero-order valence-electron chi connectivity index (χ0n) is 9.99. The van der Waals surface area contributed by atoms with Gasteiger partial charge in [0.15, 0.2) is 11.5 Å². The van der Waals surface area contributed by atoms with Crippen molar-refractivity contribution in [3.8, 4) is 11.4 Å². The molecule has 3 aromatic rings. The molecule has 0 fully saturated rings. The van der Waals surface area contributed by atoms with E-state index in [4.69, 9.17) is 16.7 Å². The van der Waals surface area contributed by atoms with Gasteiger partial charge in [0.1, 0.15) is 5.52 Å². The monoisotopic (exact) mass is 286 g/mol. The first kappa shape index (κ1) is 12.4. The Morgan fingerprint density at radius 1 is 1.10 bits per heavy atom. The Morgan fingerprint density at radius 2 is 1.90 bits per heavy atom. The number of halogens is 1. The van der Waals surface area contributed by atoms with E-state index < -0.39 is 5.97 Å². The smallest absolute Gasteiger partial charge is 0.354 e. The maximum Gasteiger partial charge on any atom is 0.354 e. The van der Waals surface area contributed by atoms with Gasteiger partial charge in [0, 0.05) is 24.2 Å². The van der Waals surface area contributed by atoms with Crippen LogP contribution >= 0.6 is 11.6 Å². The summed E-state index contributed by atoms with van der Waals surface area (Å²) >= 11 is 6.14. The van der Waals surface area contributed by atoms with Crippen molar-refractivity contribution >= 4 is 28.6 Å². The highest BCUT2D eigenvalue weighted by Gasteiger charge is 2.11. The number of benzene rings is 1. The van der Waals surface area contributed by atoms with Gasteiger partial charge in [0.25, 0.3) is 0 Å². The quantitative estimate of drug-likeness (QED) is 0.778. The van der Waals surface area contributed by atoms with E-state index >= 15 is 0 Å². The van der Waals surface area contributed by atoms with Gasteiger partial charge in [0.2, 0.25) is 0 Å². The highest BCUT2D eigenvalue weighted by atomic mass is 35.5. The minimum Gasteiger partial charge on any atom is -0.477 e. The van der Waals surface area contributed by atoms with Crippen LogP contribution in [0.3, 0.4) is 0 Å². The third kappa shape index (κ3) is 2.17. The van der Waals surface area contributed by atoms with Crippen molar-refractivity contribution in [2.75, 3.05) is 0 Å². The summed E-state index contributed by atoms with van der Waals surface area (Å²) in [5, 5.41) is 9.36. The Bertz CT molecular complexity index is 822. The second-order valence-corrected chi connectivity index (χ2v) is 4.36. The van der Waals surface area contributed by atoms with Gasteiger partial charge < -0.3 is 5.11 Å². The van der Waals surface area contributed by atoms with Crippen LogP contribution < -0.4 is 0 Å². The zero-order valence-corrected chi connectivity index (χ0v) is 10.7. The van der Waals surface area contributed by atoms with Crippen LogP contribution in [-0.2, 0) is 0 Å². The number of carboxylic acid groups (broad SMARTS) is 1. The average Bonchev–Trinajstić information content (AvgIpc) is 2.47. The Kier molecular flexibility index (Phi) is 3.00. The third-order valence-corrected chi connectivity index (χ3v) is 2.95. The summed E-state index contributed by atoms with van der Waals surface area (Å²) in [7, 11) is 0. The second kappa shape index (κ2) is 4.82. The normalized spacial score (nSPS) is 10.7. The number of aromatic nitrogens is 4. The topological polar surface area (TPSA) is 88.9 Å². The third-order valence-electron chi connectivity index (χ3n) is 2.66. The van der Waals surface area contributed by atoms with Crippen molar-refractivity contribution in [3.63, 3.8) is 0 Å². The lowest BCUT2D eigenvalue weighted by Crippen LogP contribution is -2.02. The zero-order chi connectivity index (χ0) is 14.1. The highest BCUT2D eigenvalue weighted by molar-refractivity contribution is 6.35. The molecule has 20 heavy (non-hydrogen) atoms. The van der Waals surface area contributed by atoms with Crippen LogP contribution in [0.15, 0.2) is 36.8 Å². The Labute approximate surface area is 118 Å². The molecule has 0 spiro atoms. The van der Waals surface area contributed by atoms with Crippen LogP contribution in [0, 0.1) is 0 Å². The van der Waals surface area contributed by atoms with Gasteiger partial charge in [-0.2, -0.15) is 0 Å². The standard InChI is InChI=1S/C13H7ClN4O2/c14-8-5-7(6-10-11(8)16-4-3-15-10)12-17-2-1-9(18-12)13(19)20/h1-6H,(H,19,20). The van der Waals surface area contributed by atoms with Crippen molar-refractivity contribution in [3.05, 3.63) is 47.5 Å². The van der Waals surface area contributed by atoms with Crippen LogP contribution in [0.2, 0.25) is 5.02 Å². The van der Waals surface area contributed by atoms with E-state index in [1.165, 1.54) is 12.3 Å². The molecule has 0 aliphatic carbocycles. The molecule has 0 amide bonds. The van der Waals surface area contributed by atoms with Crippen molar-refractivity contribution < 1.29 is 9.90 Å². The molecule has 0 unspecified atom stereocenters. The highest BCUT2D eigenvalue weighted by Crippen LogP contribution is 2.26. The summed E-state index contributed by atoms with van der Waals surface area (Å²) in [5.41, 5.74) is 1.68. The van der Waals surface area contributed by atoms with E-state index in [0.717, 1.165) is 0 Å². The number of hydrogen-bond acceptors (Lipinski definition) is 5.